The average molecular weight is 369 g/mol. The molecule has 1 aliphatic heterocycles. The van der Waals surface area contributed by atoms with E-state index in [-0.39, 0.29) is 17.9 Å². The minimum atomic E-state index is -0.201. The minimum absolute atomic E-state index is 0.143. The molecule has 27 heavy (non-hydrogen) atoms. The number of hydrogen-bond donors (Lipinski definition) is 2. The van der Waals surface area contributed by atoms with Gasteiger partial charge in [-0.15, -0.1) is 0 Å². The Hall–Kier alpha value is -2.40. The molecule has 5 heteroatoms. The number of nitrogens with zero attached hydrogens (tertiary/aromatic N) is 1. The summed E-state index contributed by atoms with van der Waals surface area (Å²) in [7, 11) is 0. The molecule has 0 saturated carbocycles. The quantitative estimate of drug-likeness (QED) is 0.784. The van der Waals surface area contributed by atoms with Crippen molar-refractivity contribution in [2.45, 2.75) is 45.2 Å². The first-order valence-corrected chi connectivity index (χ1v) is 9.75. The average Bonchev–Trinajstić information content (AvgIpc) is 2.67. The van der Waals surface area contributed by atoms with E-state index in [1.54, 1.807) is 0 Å². The molecule has 0 aromatic heterocycles. The molecule has 2 aromatic carbocycles. The van der Waals surface area contributed by atoms with Crippen LogP contribution in [0.25, 0.3) is 0 Å². The normalized spacial score (nSPS) is 15.5. The molecule has 0 unspecified atom stereocenters. The Bertz CT molecular complexity index is 722. The van der Waals surface area contributed by atoms with Crippen molar-refractivity contribution in [3.05, 3.63) is 65.5 Å². The Kier molecular flexibility index (Phi) is 6.82. The highest BCUT2D eigenvalue weighted by Crippen LogP contribution is 2.15. The highest BCUT2D eigenvalue weighted by atomic mass is 19.1. The van der Waals surface area contributed by atoms with Crippen LogP contribution >= 0.6 is 0 Å². The number of anilines is 1. The molecule has 3 rings (SSSR count). The molecule has 2 N–H and O–H groups in total. The van der Waals surface area contributed by atoms with Crippen LogP contribution in [0, 0.1) is 5.82 Å². The van der Waals surface area contributed by atoms with Crippen LogP contribution in [0.4, 0.5) is 14.9 Å². The maximum absolute atomic E-state index is 13.0. The van der Waals surface area contributed by atoms with Crippen LogP contribution in [-0.4, -0.2) is 30.1 Å². The van der Waals surface area contributed by atoms with Gasteiger partial charge in [0.25, 0.3) is 0 Å². The summed E-state index contributed by atoms with van der Waals surface area (Å²) in [5.41, 5.74) is 3.23. The van der Waals surface area contributed by atoms with Crippen LogP contribution in [0.15, 0.2) is 48.5 Å². The van der Waals surface area contributed by atoms with Crippen LogP contribution in [-0.2, 0) is 13.0 Å². The number of carbonyl (C=O) groups excluding carboxylic acids is 1. The highest BCUT2D eigenvalue weighted by Gasteiger charge is 2.20. The molecule has 0 radical (unpaired) electrons. The van der Waals surface area contributed by atoms with Gasteiger partial charge in [-0.25, -0.2) is 9.18 Å². The third-order valence-electron chi connectivity index (χ3n) is 4.99. The van der Waals surface area contributed by atoms with E-state index in [1.165, 1.54) is 17.7 Å². The summed E-state index contributed by atoms with van der Waals surface area (Å²) < 4.78 is 13.0. The number of amides is 2. The second kappa shape index (κ2) is 9.51. The molecule has 2 aromatic rings. The van der Waals surface area contributed by atoms with E-state index in [0.717, 1.165) is 56.6 Å². The number of carbonyl (C=O) groups is 1. The van der Waals surface area contributed by atoms with Crippen molar-refractivity contribution in [1.82, 2.24) is 10.2 Å². The number of urea groups is 1. The lowest BCUT2D eigenvalue weighted by Gasteiger charge is -2.32. The van der Waals surface area contributed by atoms with Crippen molar-refractivity contribution in [1.29, 1.82) is 0 Å². The molecule has 1 fully saturated rings. The Morgan fingerprint density at radius 3 is 2.30 bits per heavy atom. The van der Waals surface area contributed by atoms with Gasteiger partial charge in [0.2, 0.25) is 0 Å². The zero-order chi connectivity index (χ0) is 19.1. The van der Waals surface area contributed by atoms with Crippen molar-refractivity contribution >= 4 is 11.7 Å². The van der Waals surface area contributed by atoms with Crippen LogP contribution in [0.2, 0.25) is 0 Å². The summed E-state index contributed by atoms with van der Waals surface area (Å²) >= 11 is 0. The number of rotatable bonds is 6. The third kappa shape index (κ3) is 6.07. The highest BCUT2D eigenvalue weighted by molar-refractivity contribution is 5.89. The van der Waals surface area contributed by atoms with E-state index in [1.807, 2.05) is 24.3 Å². The van der Waals surface area contributed by atoms with Gasteiger partial charge in [-0.1, -0.05) is 37.6 Å². The standard InChI is InChI=1S/C22H28FN3O/c1-2-3-17-6-10-20(11-7-17)24-22(27)25-21-12-14-26(15-13-21)16-18-4-8-19(23)9-5-18/h4-11,21H,2-3,12-16H2,1H3,(H2,24,25,27). The van der Waals surface area contributed by atoms with Gasteiger partial charge in [0.1, 0.15) is 5.82 Å². The fourth-order valence-electron chi connectivity index (χ4n) is 3.48. The maximum atomic E-state index is 13.0. The third-order valence-corrected chi connectivity index (χ3v) is 4.99. The molecule has 0 bridgehead atoms. The van der Waals surface area contributed by atoms with Gasteiger partial charge in [-0.05, 0) is 54.7 Å². The summed E-state index contributed by atoms with van der Waals surface area (Å²) in [5.74, 6) is -0.201. The molecule has 1 saturated heterocycles. The van der Waals surface area contributed by atoms with Gasteiger partial charge < -0.3 is 10.6 Å². The smallest absolute Gasteiger partial charge is 0.319 e. The van der Waals surface area contributed by atoms with Crippen molar-refractivity contribution in [2.24, 2.45) is 0 Å². The number of likely N-dealkylation sites (tertiary alicyclic amines) is 1. The van der Waals surface area contributed by atoms with E-state index in [9.17, 15) is 9.18 Å². The van der Waals surface area contributed by atoms with E-state index in [0.29, 0.717) is 0 Å². The number of nitrogens with one attached hydrogen (secondary N) is 2. The van der Waals surface area contributed by atoms with Gasteiger partial charge in [-0.3, -0.25) is 4.90 Å². The second-order valence-electron chi connectivity index (χ2n) is 7.22. The second-order valence-corrected chi connectivity index (χ2v) is 7.22. The minimum Gasteiger partial charge on any atom is -0.335 e. The first-order chi connectivity index (χ1) is 13.1. The van der Waals surface area contributed by atoms with Gasteiger partial charge in [0.05, 0.1) is 0 Å². The van der Waals surface area contributed by atoms with E-state index in [4.69, 9.17) is 0 Å². The maximum Gasteiger partial charge on any atom is 0.319 e. The van der Waals surface area contributed by atoms with Crippen molar-refractivity contribution in [3.63, 3.8) is 0 Å². The molecule has 0 atom stereocenters. The zero-order valence-corrected chi connectivity index (χ0v) is 15.9. The largest absolute Gasteiger partial charge is 0.335 e. The van der Waals surface area contributed by atoms with Crippen LogP contribution in [0.3, 0.4) is 0 Å². The number of aryl methyl sites for hydroxylation is 1. The molecule has 4 nitrogen and oxygen atoms in total. The van der Waals surface area contributed by atoms with Crippen molar-refractivity contribution < 1.29 is 9.18 Å². The van der Waals surface area contributed by atoms with Crippen LogP contribution < -0.4 is 10.6 Å². The molecule has 144 valence electrons. The summed E-state index contributed by atoms with van der Waals surface area (Å²) in [5, 5.41) is 5.99. The first-order valence-electron chi connectivity index (χ1n) is 9.75. The molecule has 0 aliphatic carbocycles. The number of halogens is 1. The Morgan fingerprint density at radius 2 is 1.67 bits per heavy atom. The van der Waals surface area contributed by atoms with Crippen LogP contribution in [0.5, 0.6) is 0 Å². The van der Waals surface area contributed by atoms with Gasteiger partial charge >= 0.3 is 6.03 Å². The molecule has 0 spiro atoms. The summed E-state index contributed by atoms with van der Waals surface area (Å²) in [6.07, 6.45) is 4.02. The summed E-state index contributed by atoms with van der Waals surface area (Å²) in [4.78, 5) is 14.6. The topological polar surface area (TPSA) is 44.4 Å². The molecule has 1 heterocycles. The lowest BCUT2D eigenvalue weighted by molar-refractivity contribution is 0.190. The monoisotopic (exact) mass is 369 g/mol. The van der Waals surface area contributed by atoms with Gasteiger partial charge in [0, 0.05) is 31.4 Å². The van der Waals surface area contributed by atoms with E-state index in [2.05, 4.69) is 34.6 Å². The fourth-order valence-corrected chi connectivity index (χ4v) is 3.48. The first kappa shape index (κ1) is 19.4. The predicted molar refractivity (Wildman–Crippen MR) is 107 cm³/mol. The number of hydrogen-bond acceptors (Lipinski definition) is 2. The van der Waals surface area contributed by atoms with Gasteiger partial charge in [0.15, 0.2) is 0 Å². The van der Waals surface area contributed by atoms with Crippen LogP contribution in [0.1, 0.15) is 37.3 Å². The molecular weight excluding hydrogens is 341 g/mol. The lowest BCUT2D eigenvalue weighted by atomic mass is 10.0. The molecule has 2 amide bonds. The number of piperidine rings is 1. The van der Waals surface area contributed by atoms with Crippen molar-refractivity contribution in [3.8, 4) is 0 Å². The molecule has 1 aliphatic rings. The van der Waals surface area contributed by atoms with E-state index >= 15 is 0 Å². The Morgan fingerprint density at radius 1 is 1.04 bits per heavy atom. The lowest BCUT2D eigenvalue weighted by Crippen LogP contribution is -2.45. The SMILES string of the molecule is CCCc1ccc(NC(=O)NC2CCN(Cc3ccc(F)cc3)CC2)cc1. The Balaban J connectivity index is 1.40. The summed E-state index contributed by atoms with van der Waals surface area (Å²) in [6, 6.07) is 14.7. The zero-order valence-electron chi connectivity index (χ0n) is 15.9. The predicted octanol–water partition coefficient (Wildman–Crippen LogP) is 4.56. The van der Waals surface area contributed by atoms with Crippen molar-refractivity contribution in [2.75, 3.05) is 18.4 Å². The fraction of sp³-hybridized carbons (Fsp3) is 0.409. The molecular formula is C22H28FN3O. The van der Waals surface area contributed by atoms with Gasteiger partial charge in [-0.2, -0.15) is 0 Å². The number of benzene rings is 2. The Labute approximate surface area is 160 Å². The van der Waals surface area contributed by atoms with E-state index < -0.39 is 0 Å². The summed E-state index contributed by atoms with van der Waals surface area (Å²) in [6.45, 7) is 4.83.